The van der Waals surface area contributed by atoms with Crippen molar-refractivity contribution in [3.05, 3.63) is 0 Å². The van der Waals surface area contributed by atoms with Crippen molar-refractivity contribution < 1.29 is 14.3 Å². The molecule has 2 atom stereocenters. The molecule has 1 saturated heterocycles. The number of ether oxygens (including phenoxy) is 1. The molecule has 0 radical (unpaired) electrons. The molecule has 1 heterocycles. The van der Waals surface area contributed by atoms with E-state index in [-0.39, 0.29) is 18.1 Å². The molecule has 0 aromatic carbocycles. The minimum absolute atomic E-state index is 0.0452. The Kier molecular flexibility index (Phi) is 4.16. The molecule has 2 fully saturated rings. The van der Waals surface area contributed by atoms with Gasteiger partial charge in [-0.05, 0) is 46.5 Å². The number of amides is 1. The van der Waals surface area contributed by atoms with E-state index in [0.717, 1.165) is 38.6 Å². The Morgan fingerprint density at radius 3 is 2.58 bits per heavy atom. The van der Waals surface area contributed by atoms with Crippen LogP contribution in [-0.4, -0.2) is 35.0 Å². The maximum atomic E-state index is 12.2. The Balaban J connectivity index is 2.04. The molecule has 0 N–H and O–H groups in total. The van der Waals surface area contributed by atoms with Crippen molar-refractivity contribution in [2.24, 2.45) is 5.92 Å². The lowest BCUT2D eigenvalue weighted by Crippen LogP contribution is -2.45. The second-order valence-electron chi connectivity index (χ2n) is 6.70. The number of nitrogens with zero attached hydrogens (tertiary/aromatic N) is 1. The summed E-state index contributed by atoms with van der Waals surface area (Å²) in [7, 11) is 0. The molecule has 0 spiro atoms. The zero-order valence-electron chi connectivity index (χ0n) is 12.3. The standard InChI is InChI=1S/C15H25NO3/c1-15(2,3)19-14(18)16-10-6-8-12(16)11-7-4-5-9-13(11)17/h11-12H,4-10H2,1-3H3/t11-,12+/m0/s1. The van der Waals surface area contributed by atoms with E-state index in [1.54, 1.807) is 4.90 Å². The first-order valence-electron chi connectivity index (χ1n) is 7.41. The minimum atomic E-state index is -0.471. The van der Waals surface area contributed by atoms with Crippen LogP contribution < -0.4 is 0 Å². The summed E-state index contributed by atoms with van der Waals surface area (Å²) in [6, 6.07) is 0.0719. The van der Waals surface area contributed by atoms with Gasteiger partial charge < -0.3 is 9.64 Å². The van der Waals surface area contributed by atoms with Gasteiger partial charge in [-0.15, -0.1) is 0 Å². The van der Waals surface area contributed by atoms with E-state index < -0.39 is 5.60 Å². The zero-order valence-corrected chi connectivity index (χ0v) is 12.3. The van der Waals surface area contributed by atoms with E-state index in [4.69, 9.17) is 4.74 Å². The summed E-state index contributed by atoms with van der Waals surface area (Å²) in [5.41, 5.74) is -0.471. The predicted molar refractivity (Wildman–Crippen MR) is 72.9 cm³/mol. The van der Waals surface area contributed by atoms with E-state index in [9.17, 15) is 9.59 Å². The number of ketones is 1. The van der Waals surface area contributed by atoms with Crippen LogP contribution in [0.25, 0.3) is 0 Å². The van der Waals surface area contributed by atoms with Gasteiger partial charge in [0.05, 0.1) is 0 Å². The van der Waals surface area contributed by atoms with Crippen molar-refractivity contribution in [2.45, 2.75) is 70.9 Å². The highest BCUT2D eigenvalue weighted by atomic mass is 16.6. The lowest BCUT2D eigenvalue weighted by molar-refractivity contribution is -0.126. The number of hydrogen-bond acceptors (Lipinski definition) is 3. The Morgan fingerprint density at radius 2 is 1.95 bits per heavy atom. The number of carbonyl (C=O) groups excluding carboxylic acids is 2. The van der Waals surface area contributed by atoms with Crippen molar-refractivity contribution in [1.29, 1.82) is 0 Å². The van der Waals surface area contributed by atoms with Crippen LogP contribution in [0, 0.1) is 5.92 Å². The van der Waals surface area contributed by atoms with Crippen LogP contribution in [0.15, 0.2) is 0 Å². The van der Waals surface area contributed by atoms with E-state index >= 15 is 0 Å². The second-order valence-corrected chi connectivity index (χ2v) is 6.70. The van der Waals surface area contributed by atoms with Gasteiger partial charge in [0.25, 0.3) is 0 Å². The van der Waals surface area contributed by atoms with Gasteiger partial charge in [0.15, 0.2) is 0 Å². The van der Waals surface area contributed by atoms with Crippen molar-refractivity contribution >= 4 is 11.9 Å². The molecule has 0 aromatic rings. The molecule has 19 heavy (non-hydrogen) atoms. The topological polar surface area (TPSA) is 46.6 Å². The van der Waals surface area contributed by atoms with Gasteiger partial charge in [-0.2, -0.15) is 0 Å². The molecule has 0 bridgehead atoms. The van der Waals surface area contributed by atoms with Gasteiger partial charge >= 0.3 is 6.09 Å². The normalized spacial score (nSPS) is 28.6. The Bertz CT molecular complexity index is 359. The van der Waals surface area contributed by atoms with E-state index in [1.165, 1.54) is 0 Å². The molecule has 1 amide bonds. The third-order valence-corrected chi connectivity index (χ3v) is 3.99. The molecular formula is C15H25NO3. The molecular weight excluding hydrogens is 242 g/mol. The van der Waals surface area contributed by atoms with Crippen LogP contribution in [-0.2, 0) is 9.53 Å². The first-order chi connectivity index (χ1) is 8.88. The Hall–Kier alpha value is -1.06. The lowest BCUT2D eigenvalue weighted by Gasteiger charge is -2.34. The molecule has 1 aliphatic heterocycles. The minimum Gasteiger partial charge on any atom is -0.444 e. The number of likely N-dealkylation sites (tertiary alicyclic amines) is 1. The molecule has 1 aliphatic carbocycles. The van der Waals surface area contributed by atoms with Gasteiger partial charge in [-0.1, -0.05) is 6.42 Å². The van der Waals surface area contributed by atoms with Gasteiger partial charge in [-0.25, -0.2) is 4.79 Å². The molecule has 1 saturated carbocycles. The van der Waals surface area contributed by atoms with Gasteiger partial charge in [0.2, 0.25) is 0 Å². The Labute approximate surface area is 115 Å². The summed E-state index contributed by atoms with van der Waals surface area (Å²) in [6.45, 7) is 6.36. The summed E-state index contributed by atoms with van der Waals surface area (Å²) < 4.78 is 5.45. The summed E-state index contributed by atoms with van der Waals surface area (Å²) in [5, 5.41) is 0. The number of Topliss-reactive ketones (excluding diaryl/α,β-unsaturated/α-hetero) is 1. The predicted octanol–water partition coefficient (Wildman–Crippen LogP) is 3.15. The van der Waals surface area contributed by atoms with Gasteiger partial charge in [-0.3, -0.25) is 4.79 Å². The average molecular weight is 267 g/mol. The molecule has 2 rings (SSSR count). The average Bonchev–Trinajstić information content (AvgIpc) is 2.76. The highest BCUT2D eigenvalue weighted by molar-refractivity contribution is 5.83. The van der Waals surface area contributed by atoms with Crippen molar-refractivity contribution in [3.63, 3.8) is 0 Å². The number of carbonyl (C=O) groups is 2. The van der Waals surface area contributed by atoms with Crippen LogP contribution in [0.4, 0.5) is 4.79 Å². The fraction of sp³-hybridized carbons (Fsp3) is 0.867. The van der Waals surface area contributed by atoms with Crippen molar-refractivity contribution in [1.82, 2.24) is 4.90 Å². The third kappa shape index (κ3) is 3.48. The maximum Gasteiger partial charge on any atom is 0.410 e. The smallest absolute Gasteiger partial charge is 0.410 e. The van der Waals surface area contributed by atoms with Crippen molar-refractivity contribution in [3.8, 4) is 0 Å². The maximum absolute atomic E-state index is 12.2. The molecule has 4 nitrogen and oxygen atoms in total. The summed E-state index contributed by atoms with van der Waals surface area (Å²) in [5.74, 6) is 0.385. The van der Waals surface area contributed by atoms with E-state index in [0.29, 0.717) is 12.2 Å². The Morgan fingerprint density at radius 1 is 1.21 bits per heavy atom. The van der Waals surface area contributed by atoms with Gasteiger partial charge in [0, 0.05) is 24.9 Å². The molecule has 4 heteroatoms. The lowest BCUT2D eigenvalue weighted by atomic mass is 9.82. The monoisotopic (exact) mass is 267 g/mol. The van der Waals surface area contributed by atoms with E-state index in [1.807, 2.05) is 20.8 Å². The van der Waals surface area contributed by atoms with Crippen LogP contribution in [0.3, 0.4) is 0 Å². The number of rotatable bonds is 1. The molecule has 0 unspecified atom stereocenters. The fourth-order valence-corrected chi connectivity index (χ4v) is 3.17. The van der Waals surface area contributed by atoms with Crippen LogP contribution >= 0.6 is 0 Å². The van der Waals surface area contributed by atoms with Crippen LogP contribution in [0.5, 0.6) is 0 Å². The van der Waals surface area contributed by atoms with Gasteiger partial charge in [0.1, 0.15) is 11.4 Å². The van der Waals surface area contributed by atoms with E-state index in [2.05, 4.69) is 0 Å². The molecule has 2 aliphatic rings. The second kappa shape index (κ2) is 5.51. The van der Waals surface area contributed by atoms with Crippen LogP contribution in [0.2, 0.25) is 0 Å². The number of hydrogen-bond donors (Lipinski definition) is 0. The quantitative estimate of drug-likeness (QED) is 0.733. The summed E-state index contributed by atoms with van der Waals surface area (Å²) in [4.78, 5) is 26.1. The fourth-order valence-electron chi connectivity index (χ4n) is 3.17. The molecule has 108 valence electrons. The highest BCUT2D eigenvalue weighted by Gasteiger charge is 2.40. The highest BCUT2D eigenvalue weighted by Crippen LogP contribution is 2.33. The SMILES string of the molecule is CC(C)(C)OC(=O)N1CCC[C@@H]1[C@@H]1CCCCC1=O. The first-order valence-corrected chi connectivity index (χ1v) is 7.41. The largest absolute Gasteiger partial charge is 0.444 e. The summed E-state index contributed by atoms with van der Waals surface area (Å²) in [6.07, 6.45) is 5.40. The summed E-state index contributed by atoms with van der Waals surface area (Å²) >= 11 is 0. The van der Waals surface area contributed by atoms with Crippen molar-refractivity contribution in [2.75, 3.05) is 6.54 Å². The molecule has 0 aromatic heterocycles. The zero-order chi connectivity index (χ0) is 14.0. The third-order valence-electron chi connectivity index (χ3n) is 3.99. The first kappa shape index (κ1) is 14.4. The van der Waals surface area contributed by atoms with Crippen LogP contribution in [0.1, 0.15) is 59.3 Å².